The molecule has 0 aliphatic rings. The van der Waals surface area contributed by atoms with Crippen LogP contribution >= 0.6 is 0 Å². The Bertz CT molecular complexity index is 709. The van der Waals surface area contributed by atoms with Crippen molar-refractivity contribution in [2.45, 2.75) is 19.4 Å². The normalized spacial score (nSPS) is 11.3. The number of hydrogen-bond acceptors (Lipinski definition) is 4. The second-order valence-electron chi connectivity index (χ2n) is 5.14. The molecule has 0 saturated heterocycles. The van der Waals surface area contributed by atoms with Gasteiger partial charge in [-0.2, -0.15) is 0 Å². The summed E-state index contributed by atoms with van der Waals surface area (Å²) in [6.45, 7) is 1.62. The van der Waals surface area contributed by atoms with Crippen molar-refractivity contribution in [3.8, 4) is 11.5 Å². The highest BCUT2D eigenvalue weighted by Crippen LogP contribution is 2.16. The first-order chi connectivity index (χ1) is 12.1. The van der Waals surface area contributed by atoms with Crippen molar-refractivity contribution in [2.75, 3.05) is 6.61 Å². The van der Waals surface area contributed by atoms with Crippen molar-refractivity contribution in [3.63, 3.8) is 0 Å². The molecule has 0 fully saturated rings. The van der Waals surface area contributed by atoms with Gasteiger partial charge in [-0.15, -0.1) is 0 Å². The Hall–Kier alpha value is -3.09. The predicted molar refractivity (Wildman–Crippen MR) is 89.3 cm³/mol. The number of carbonyl (C=O) groups excluding carboxylic acids is 2. The molecule has 0 aliphatic heterocycles. The van der Waals surface area contributed by atoms with Crippen molar-refractivity contribution in [1.29, 1.82) is 0 Å². The van der Waals surface area contributed by atoms with Gasteiger partial charge in [-0.1, -0.05) is 30.3 Å². The summed E-state index contributed by atoms with van der Waals surface area (Å²) in [5, 5.41) is 0. The molecule has 25 heavy (non-hydrogen) atoms. The maximum atomic E-state index is 13.5. The molecule has 6 nitrogen and oxygen atoms in total. The van der Waals surface area contributed by atoms with Crippen LogP contribution in [-0.2, 0) is 9.59 Å². The summed E-state index contributed by atoms with van der Waals surface area (Å²) in [5.74, 6) is -0.953. The Morgan fingerprint density at radius 1 is 1.04 bits per heavy atom. The van der Waals surface area contributed by atoms with Gasteiger partial charge >= 0.3 is 0 Å². The zero-order valence-electron chi connectivity index (χ0n) is 13.7. The summed E-state index contributed by atoms with van der Waals surface area (Å²) in [6, 6.07) is 14.8. The minimum absolute atomic E-state index is 0.0345. The number of carbonyl (C=O) groups is 2. The molecule has 0 aliphatic carbocycles. The van der Waals surface area contributed by atoms with Crippen molar-refractivity contribution in [2.24, 2.45) is 0 Å². The summed E-state index contributed by atoms with van der Waals surface area (Å²) < 4.78 is 24.1. The number of nitrogens with one attached hydrogen (secondary N) is 2. The van der Waals surface area contributed by atoms with Crippen LogP contribution in [0.5, 0.6) is 11.5 Å². The van der Waals surface area contributed by atoms with Crippen molar-refractivity contribution < 1.29 is 23.5 Å². The molecule has 2 aromatic rings. The molecule has 7 heteroatoms. The van der Waals surface area contributed by atoms with E-state index in [4.69, 9.17) is 9.47 Å². The number of rotatable bonds is 7. The van der Waals surface area contributed by atoms with E-state index in [9.17, 15) is 14.0 Å². The smallest absolute Gasteiger partial charge is 0.279 e. The monoisotopic (exact) mass is 346 g/mol. The molecular weight excluding hydrogens is 327 g/mol. The lowest BCUT2D eigenvalue weighted by Gasteiger charge is -2.15. The number of hydrazine groups is 1. The lowest BCUT2D eigenvalue weighted by Crippen LogP contribution is -2.47. The first-order valence-electron chi connectivity index (χ1n) is 7.74. The topological polar surface area (TPSA) is 76.7 Å². The van der Waals surface area contributed by atoms with E-state index in [1.54, 1.807) is 18.2 Å². The first-order valence-corrected chi connectivity index (χ1v) is 7.74. The summed E-state index contributed by atoms with van der Waals surface area (Å²) in [4.78, 5) is 23.5. The minimum Gasteiger partial charge on any atom is -0.493 e. The van der Waals surface area contributed by atoms with Crippen LogP contribution in [0.15, 0.2) is 54.6 Å². The van der Waals surface area contributed by atoms with Gasteiger partial charge in [0.05, 0.1) is 13.0 Å². The third-order valence-corrected chi connectivity index (χ3v) is 3.18. The van der Waals surface area contributed by atoms with E-state index in [2.05, 4.69) is 10.9 Å². The number of benzene rings is 2. The van der Waals surface area contributed by atoms with Gasteiger partial charge in [-0.3, -0.25) is 20.4 Å². The zero-order chi connectivity index (χ0) is 18.1. The molecule has 0 bridgehead atoms. The second-order valence-corrected chi connectivity index (χ2v) is 5.14. The molecule has 0 aromatic heterocycles. The van der Waals surface area contributed by atoms with Crippen molar-refractivity contribution >= 4 is 11.8 Å². The van der Waals surface area contributed by atoms with Crippen LogP contribution < -0.4 is 20.3 Å². The number of halogens is 1. The van der Waals surface area contributed by atoms with E-state index in [0.717, 1.165) is 0 Å². The SMILES string of the molecule is CC(Oc1ccccc1F)C(=O)NNC(=O)CCOc1ccccc1. The molecule has 0 radical (unpaired) electrons. The highest BCUT2D eigenvalue weighted by Gasteiger charge is 2.17. The summed E-state index contributed by atoms with van der Waals surface area (Å²) >= 11 is 0. The van der Waals surface area contributed by atoms with Gasteiger partial charge in [0.25, 0.3) is 5.91 Å². The highest BCUT2D eigenvalue weighted by molar-refractivity contribution is 5.84. The lowest BCUT2D eigenvalue weighted by molar-refractivity contribution is -0.133. The first kappa shape index (κ1) is 18.3. The fraction of sp³-hybridized carbons (Fsp3) is 0.222. The van der Waals surface area contributed by atoms with Crippen LogP contribution in [0.4, 0.5) is 4.39 Å². The lowest BCUT2D eigenvalue weighted by atomic mass is 10.3. The van der Waals surface area contributed by atoms with Gasteiger partial charge < -0.3 is 9.47 Å². The molecule has 2 rings (SSSR count). The predicted octanol–water partition coefficient (Wildman–Crippen LogP) is 2.21. The second kappa shape index (κ2) is 9.27. The van der Waals surface area contributed by atoms with E-state index >= 15 is 0 Å². The van der Waals surface area contributed by atoms with E-state index in [1.165, 1.54) is 25.1 Å². The molecule has 0 saturated carbocycles. The van der Waals surface area contributed by atoms with Crippen LogP contribution in [-0.4, -0.2) is 24.5 Å². The average molecular weight is 346 g/mol. The maximum Gasteiger partial charge on any atom is 0.279 e. The van der Waals surface area contributed by atoms with Gasteiger partial charge in [0, 0.05) is 0 Å². The third-order valence-electron chi connectivity index (χ3n) is 3.18. The molecule has 2 amide bonds. The van der Waals surface area contributed by atoms with Crippen LogP contribution in [0.2, 0.25) is 0 Å². The van der Waals surface area contributed by atoms with Gasteiger partial charge in [-0.05, 0) is 31.2 Å². The zero-order valence-corrected chi connectivity index (χ0v) is 13.7. The summed E-state index contributed by atoms with van der Waals surface area (Å²) in [7, 11) is 0. The Morgan fingerprint density at radius 3 is 2.44 bits per heavy atom. The fourth-order valence-electron chi connectivity index (χ4n) is 1.86. The van der Waals surface area contributed by atoms with Crippen LogP contribution in [0.25, 0.3) is 0 Å². The van der Waals surface area contributed by atoms with Crippen molar-refractivity contribution in [1.82, 2.24) is 10.9 Å². The van der Waals surface area contributed by atoms with Crippen LogP contribution in [0.3, 0.4) is 0 Å². The number of amides is 2. The number of para-hydroxylation sites is 2. The molecule has 2 aromatic carbocycles. The van der Waals surface area contributed by atoms with Crippen molar-refractivity contribution in [3.05, 3.63) is 60.4 Å². The van der Waals surface area contributed by atoms with Gasteiger partial charge in [-0.25, -0.2) is 4.39 Å². The Kier molecular flexibility index (Phi) is 6.76. The Morgan fingerprint density at radius 2 is 1.72 bits per heavy atom. The minimum atomic E-state index is -0.974. The molecule has 1 atom stereocenters. The van der Waals surface area contributed by atoms with E-state index in [-0.39, 0.29) is 18.8 Å². The number of hydrogen-bond donors (Lipinski definition) is 2. The van der Waals surface area contributed by atoms with E-state index < -0.39 is 23.7 Å². The quantitative estimate of drug-likeness (QED) is 0.754. The molecule has 1 unspecified atom stereocenters. The molecule has 0 spiro atoms. The van der Waals surface area contributed by atoms with Crippen LogP contribution in [0, 0.1) is 5.82 Å². The average Bonchev–Trinajstić information content (AvgIpc) is 2.62. The molecular formula is C18H19FN2O4. The standard InChI is InChI=1S/C18H19FN2O4/c1-13(25-16-10-6-5-9-15(16)19)18(23)21-20-17(22)11-12-24-14-7-3-2-4-8-14/h2-10,13H,11-12H2,1H3,(H,20,22)(H,21,23). The summed E-state index contributed by atoms with van der Waals surface area (Å²) in [5.41, 5.74) is 4.49. The fourth-order valence-corrected chi connectivity index (χ4v) is 1.86. The molecule has 0 heterocycles. The largest absolute Gasteiger partial charge is 0.493 e. The van der Waals surface area contributed by atoms with Crippen LogP contribution in [0.1, 0.15) is 13.3 Å². The molecule has 132 valence electrons. The van der Waals surface area contributed by atoms with E-state index in [0.29, 0.717) is 5.75 Å². The van der Waals surface area contributed by atoms with Gasteiger partial charge in [0.1, 0.15) is 5.75 Å². The summed E-state index contributed by atoms with van der Waals surface area (Å²) in [6.07, 6.45) is -0.907. The van der Waals surface area contributed by atoms with E-state index in [1.807, 2.05) is 18.2 Å². The number of ether oxygens (including phenoxy) is 2. The Balaban J connectivity index is 1.68. The third kappa shape index (κ3) is 6.14. The molecule has 2 N–H and O–H groups in total. The maximum absolute atomic E-state index is 13.5. The highest BCUT2D eigenvalue weighted by atomic mass is 19.1. The van der Waals surface area contributed by atoms with Gasteiger partial charge in [0.2, 0.25) is 5.91 Å². The van der Waals surface area contributed by atoms with Gasteiger partial charge in [0.15, 0.2) is 17.7 Å². The Labute approximate surface area is 144 Å².